The van der Waals surface area contributed by atoms with Crippen LogP contribution in [0.15, 0.2) is 30.3 Å². The van der Waals surface area contributed by atoms with Crippen LogP contribution in [0.4, 0.5) is 0 Å². The zero-order valence-corrected chi connectivity index (χ0v) is 13.5. The van der Waals surface area contributed by atoms with Crippen LogP contribution in [0.3, 0.4) is 0 Å². The molecule has 1 aromatic rings. The molecule has 112 valence electrons. The molecule has 1 aliphatic rings. The summed E-state index contributed by atoms with van der Waals surface area (Å²) in [5.74, 6) is 1.77. The molecule has 0 saturated heterocycles. The van der Waals surface area contributed by atoms with Gasteiger partial charge in [0.2, 0.25) is 0 Å². The van der Waals surface area contributed by atoms with E-state index in [9.17, 15) is 0 Å². The van der Waals surface area contributed by atoms with Gasteiger partial charge in [0.25, 0.3) is 0 Å². The Bertz CT molecular complexity index is 382. The van der Waals surface area contributed by atoms with Crippen molar-refractivity contribution in [3.05, 3.63) is 35.9 Å². The van der Waals surface area contributed by atoms with Gasteiger partial charge in [-0.3, -0.25) is 0 Å². The molecule has 0 heterocycles. The van der Waals surface area contributed by atoms with Crippen LogP contribution >= 0.6 is 0 Å². The first kappa shape index (κ1) is 15.6. The summed E-state index contributed by atoms with van der Waals surface area (Å²) in [5, 5.41) is 3.57. The zero-order chi connectivity index (χ0) is 14.4. The van der Waals surface area contributed by atoms with E-state index in [0.29, 0.717) is 5.41 Å². The van der Waals surface area contributed by atoms with Gasteiger partial charge in [0.1, 0.15) is 0 Å². The van der Waals surface area contributed by atoms with Gasteiger partial charge in [-0.15, -0.1) is 0 Å². The van der Waals surface area contributed by atoms with Gasteiger partial charge >= 0.3 is 0 Å². The fourth-order valence-electron chi connectivity index (χ4n) is 3.72. The molecule has 20 heavy (non-hydrogen) atoms. The maximum absolute atomic E-state index is 3.57. The number of aryl methyl sites for hydroxylation is 1. The van der Waals surface area contributed by atoms with Gasteiger partial charge < -0.3 is 5.32 Å². The predicted molar refractivity (Wildman–Crippen MR) is 87.9 cm³/mol. The lowest BCUT2D eigenvalue weighted by Gasteiger charge is -2.41. The Morgan fingerprint density at radius 1 is 1.15 bits per heavy atom. The molecular formula is C19H31N. The van der Waals surface area contributed by atoms with E-state index < -0.39 is 0 Å². The van der Waals surface area contributed by atoms with Gasteiger partial charge in [-0.2, -0.15) is 0 Å². The van der Waals surface area contributed by atoms with E-state index in [0.717, 1.165) is 18.4 Å². The highest BCUT2D eigenvalue weighted by molar-refractivity contribution is 5.14. The molecule has 1 nitrogen and oxygen atoms in total. The molecule has 1 N–H and O–H groups in total. The molecule has 1 heteroatoms. The fraction of sp³-hybridized carbons (Fsp3) is 0.684. The maximum Gasteiger partial charge on any atom is -0.00180 e. The first-order chi connectivity index (χ1) is 9.61. The quantitative estimate of drug-likeness (QED) is 0.794. The lowest BCUT2D eigenvalue weighted by atomic mass is 9.65. The Morgan fingerprint density at radius 2 is 1.90 bits per heavy atom. The van der Waals surface area contributed by atoms with Gasteiger partial charge in [0.05, 0.1) is 0 Å². The second kappa shape index (κ2) is 7.26. The number of hydrogen-bond acceptors (Lipinski definition) is 1. The summed E-state index contributed by atoms with van der Waals surface area (Å²) in [6, 6.07) is 11.0. The molecule has 1 saturated carbocycles. The molecule has 0 aromatic heterocycles. The lowest BCUT2D eigenvalue weighted by molar-refractivity contribution is 0.110. The summed E-state index contributed by atoms with van der Waals surface area (Å²) < 4.78 is 0. The van der Waals surface area contributed by atoms with E-state index in [2.05, 4.69) is 56.4 Å². The molecular weight excluding hydrogens is 242 g/mol. The third kappa shape index (κ3) is 4.63. The zero-order valence-electron chi connectivity index (χ0n) is 13.5. The molecule has 2 rings (SSSR count). The lowest BCUT2D eigenvalue weighted by Crippen LogP contribution is -2.36. The van der Waals surface area contributed by atoms with Crippen molar-refractivity contribution in [1.29, 1.82) is 0 Å². The van der Waals surface area contributed by atoms with Crippen LogP contribution in [-0.2, 0) is 6.42 Å². The Hall–Kier alpha value is -0.820. The second-order valence-corrected chi connectivity index (χ2v) is 7.26. The summed E-state index contributed by atoms with van der Waals surface area (Å²) in [7, 11) is 0. The van der Waals surface area contributed by atoms with Crippen LogP contribution in [0.1, 0.15) is 52.0 Å². The normalized spacial score (nSPS) is 25.6. The monoisotopic (exact) mass is 273 g/mol. The van der Waals surface area contributed by atoms with Crippen LogP contribution in [0.5, 0.6) is 0 Å². The third-order valence-electron chi connectivity index (χ3n) is 4.98. The Labute approximate surface area is 125 Å². The largest absolute Gasteiger partial charge is 0.317 e. The minimum atomic E-state index is 0.546. The predicted octanol–water partition coefficient (Wildman–Crippen LogP) is 4.67. The van der Waals surface area contributed by atoms with Crippen molar-refractivity contribution in [3.63, 3.8) is 0 Å². The molecule has 0 bridgehead atoms. The smallest absolute Gasteiger partial charge is 0.00180 e. The van der Waals surface area contributed by atoms with Crippen molar-refractivity contribution in [3.8, 4) is 0 Å². The molecule has 0 radical (unpaired) electrons. The minimum Gasteiger partial charge on any atom is -0.317 e. The number of nitrogens with one attached hydrogen (secondary N) is 1. The van der Waals surface area contributed by atoms with Crippen LogP contribution in [0.25, 0.3) is 0 Å². The number of rotatable bonds is 6. The highest BCUT2D eigenvalue weighted by Gasteiger charge is 2.34. The average Bonchev–Trinajstić information content (AvgIpc) is 2.44. The summed E-state index contributed by atoms with van der Waals surface area (Å²) >= 11 is 0. The van der Waals surface area contributed by atoms with Crippen molar-refractivity contribution in [2.24, 2.45) is 17.3 Å². The van der Waals surface area contributed by atoms with Gasteiger partial charge in [-0.1, -0.05) is 51.1 Å². The fourth-order valence-corrected chi connectivity index (χ4v) is 3.72. The van der Waals surface area contributed by atoms with E-state index >= 15 is 0 Å². The van der Waals surface area contributed by atoms with E-state index in [1.54, 1.807) is 0 Å². The van der Waals surface area contributed by atoms with Gasteiger partial charge in [-0.05, 0) is 68.0 Å². The Balaban J connectivity index is 1.92. The standard InChI is InChI=1S/C19H31N/c1-4-20-15-18-12-13-19(2,3)14-17(18)11-10-16-8-6-5-7-9-16/h5-9,17-18,20H,4,10-15H2,1-3H3. The Morgan fingerprint density at radius 3 is 2.60 bits per heavy atom. The van der Waals surface area contributed by atoms with E-state index in [-0.39, 0.29) is 0 Å². The van der Waals surface area contributed by atoms with Crippen molar-refractivity contribution in [2.75, 3.05) is 13.1 Å². The number of hydrogen-bond donors (Lipinski definition) is 1. The third-order valence-corrected chi connectivity index (χ3v) is 4.98. The molecule has 0 amide bonds. The average molecular weight is 273 g/mol. The highest BCUT2D eigenvalue weighted by atomic mass is 14.8. The minimum absolute atomic E-state index is 0.546. The summed E-state index contributed by atoms with van der Waals surface area (Å²) in [6.45, 7) is 9.43. The molecule has 0 aliphatic heterocycles. The topological polar surface area (TPSA) is 12.0 Å². The van der Waals surface area contributed by atoms with E-state index in [1.807, 2.05) is 0 Å². The molecule has 1 aliphatic carbocycles. The van der Waals surface area contributed by atoms with Gasteiger partial charge in [-0.25, -0.2) is 0 Å². The SMILES string of the molecule is CCNCC1CCC(C)(C)CC1CCc1ccccc1. The highest BCUT2D eigenvalue weighted by Crippen LogP contribution is 2.43. The molecule has 2 atom stereocenters. The first-order valence-electron chi connectivity index (χ1n) is 8.35. The van der Waals surface area contributed by atoms with E-state index in [1.165, 1.54) is 44.2 Å². The second-order valence-electron chi connectivity index (χ2n) is 7.26. The van der Waals surface area contributed by atoms with Crippen LogP contribution in [0.2, 0.25) is 0 Å². The summed E-state index contributed by atoms with van der Waals surface area (Å²) in [5.41, 5.74) is 2.04. The molecule has 0 spiro atoms. The van der Waals surface area contributed by atoms with Crippen molar-refractivity contribution in [2.45, 2.75) is 52.9 Å². The van der Waals surface area contributed by atoms with Crippen molar-refractivity contribution >= 4 is 0 Å². The van der Waals surface area contributed by atoms with Crippen LogP contribution in [-0.4, -0.2) is 13.1 Å². The summed E-state index contributed by atoms with van der Waals surface area (Å²) in [4.78, 5) is 0. The van der Waals surface area contributed by atoms with Crippen molar-refractivity contribution < 1.29 is 0 Å². The van der Waals surface area contributed by atoms with Crippen LogP contribution < -0.4 is 5.32 Å². The van der Waals surface area contributed by atoms with Gasteiger partial charge in [0.15, 0.2) is 0 Å². The van der Waals surface area contributed by atoms with Gasteiger partial charge in [0, 0.05) is 0 Å². The molecule has 1 aromatic carbocycles. The van der Waals surface area contributed by atoms with Crippen molar-refractivity contribution in [1.82, 2.24) is 5.32 Å². The summed E-state index contributed by atoms with van der Waals surface area (Å²) in [6.07, 6.45) is 6.79. The Kier molecular flexibility index (Phi) is 5.65. The first-order valence-corrected chi connectivity index (χ1v) is 8.35. The molecule has 2 unspecified atom stereocenters. The molecule has 1 fully saturated rings. The maximum atomic E-state index is 3.57. The van der Waals surface area contributed by atoms with Crippen LogP contribution in [0, 0.1) is 17.3 Å². The number of benzene rings is 1. The van der Waals surface area contributed by atoms with E-state index in [4.69, 9.17) is 0 Å².